The molecule has 1 fully saturated rings. The molecule has 0 amide bonds. The van der Waals surface area contributed by atoms with Crippen LogP contribution in [0.2, 0.25) is 0 Å². The molecule has 2 aromatic carbocycles. The molecule has 3 rings (SSSR count). The molecule has 0 unspecified atom stereocenters. The van der Waals surface area contributed by atoms with E-state index in [1.807, 2.05) is 60.7 Å². The molecule has 1 heterocycles. The first kappa shape index (κ1) is 18.8. The molecule has 0 saturated carbocycles. The van der Waals surface area contributed by atoms with Gasteiger partial charge in [0.25, 0.3) is 0 Å². The van der Waals surface area contributed by atoms with E-state index in [0.717, 1.165) is 11.1 Å². The highest BCUT2D eigenvalue weighted by Crippen LogP contribution is 2.28. The highest BCUT2D eigenvalue weighted by atomic mass is 16.7. The fourth-order valence-corrected chi connectivity index (χ4v) is 2.96. The van der Waals surface area contributed by atoms with E-state index in [1.54, 1.807) is 6.08 Å². The van der Waals surface area contributed by atoms with E-state index in [9.17, 15) is 10.2 Å². The zero-order chi connectivity index (χ0) is 18.4. The van der Waals surface area contributed by atoms with Gasteiger partial charge in [-0.3, -0.25) is 0 Å². The lowest BCUT2D eigenvalue weighted by atomic mass is 10.1. The van der Waals surface area contributed by atoms with Crippen LogP contribution in [0.1, 0.15) is 11.1 Å². The maximum absolute atomic E-state index is 10.2. The zero-order valence-corrected chi connectivity index (χ0v) is 14.5. The summed E-state index contributed by atoms with van der Waals surface area (Å²) in [6.45, 7) is 4.47. The van der Waals surface area contributed by atoms with Crippen LogP contribution in [0.25, 0.3) is 0 Å². The molecule has 138 valence electrons. The Morgan fingerprint density at radius 3 is 2.12 bits per heavy atom. The number of aliphatic hydroxyl groups excluding tert-OH is 2. The first-order valence-corrected chi connectivity index (χ1v) is 8.64. The van der Waals surface area contributed by atoms with Crippen molar-refractivity contribution < 1.29 is 24.4 Å². The van der Waals surface area contributed by atoms with Gasteiger partial charge in [0, 0.05) is 0 Å². The molecule has 0 aliphatic carbocycles. The maximum Gasteiger partial charge on any atom is 0.184 e. The lowest BCUT2D eigenvalue weighted by molar-refractivity contribution is -0.149. The smallest absolute Gasteiger partial charge is 0.184 e. The van der Waals surface area contributed by atoms with E-state index in [1.165, 1.54) is 0 Å². The number of hydrogen-bond donors (Lipinski definition) is 2. The molecule has 0 aromatic heterocycles. The fraction of sp³-hybridized carbons (Fsp3) is 0.333. The van der Waals surface area contributed by atoms with E-state index in [4.69, 9.17) is 14.2 Å². The molecule has 5 atom stereocenters. The van der Waals surface area contributed by atoms with Crippen LogP contribution in [0.3, 0.4) is 0 Å². The van der Waals surface area contributed by atoms with Gasteiger partial charge < -0.3 is 24.4 Å². The number of rotatable bonds is 8. The Balaban J connectivity index is 1.64. The minimum Gasteiger partial charge on any atom is -0.385 e. The molecule has 0 spiro atoms. The van der Waals surface area contributed by atoms with Crippen LogP contribution in [-0.2, 0) is 27.4 Å². The highest BCUT2D eigenvalue weighted by Gasteiger charge is 2.47. The molecular weight excluding hydrogens is 332 g/mol. The largest absolute Gasteiger partial charge is 0.385 e. The van der Waals surface area contributed by atoms with Gasteiger partial charge in [-0.25, -0.2) is 0 Å². The Bertz CT molecular complexity index is 675. The van der Waals surface area contributed by atoms with Gasteiger partial charge in [0.2, 0.25) is 0 Å². The Labute approximate surface area is 153 Å². The monoisotopic (exact) mass is 356 g/mol. The molecule has 5 heteroatoms. The van der Waals surface area contributed by atoms with Crippen molar-refractivity contribution in [3.8, 4) is 0 Å². The third-order valence-corrected chi connectivity index (χ3v) is 4.38. The Kier molecular flexibility index (Phi) is 6.55. The van der Waals surface area contributed by atoms with E-state index in [0.29, 0.717) is 13.2 Å². The van der Waals surface area contributed by atoms with Crippen LogP contribution in [0.5, 0.6) is 0 Å². The van der Waals surface area contributed by atoms with Crippen LogP contribution in [0.15, 0.2) is 73.3 Å². The normalized spacial score (nSPS) is 26.5. The van der Waals surface area contributed by atoms with Crippen LogP contribution >= 0.6 is 0 Å². The van der Waals surface area contributed by atoms with Gasteiger partial charge in [-0.2, -0.15) is 0 Å². The van der Waals surface area contributed by atoms with Gasteiger partial charge in [-0.05, 0) is 11.1 Å². The standard InChI is InChI=1S/C21H24O5/c1-2-17(24-13-15-9-5-3-6-10-15)19-20(18(22)21(23)26-19)25-14-16-11-7-4-8-12-16/h2-12,17-23H,1,13-14H2/t17-,18+,19+,20+,21-/m0/s1. The average molecular weight is 356 g/mol. The summed E-state index contributed by atoms with van der Waals surface area (Å²) in [6.07, 6.45) is -2.75. The molecular formula is C21H24O5. The summed E-state index contributed by atoms with van der Waals surface area (Å²) in [4.78, 5) is 0. The topological polar surface area (TPSA) is 68.2 Å². The van der Waals surface area contributed by atoms with Gasteiger partial charge in [0.1, 0.15) is 24.4 Å². The Hall–Kier alpha value is -2.02. The first-order valence-electron chi connectivity index (χ1n) is 8.64. The summed E-state index contributed by atoms with van der Waals surface area (Å²) >= 11 is 0. The molecule has 5 nitrogen and oxygen atoms in total. The molecule has 1 aliphatic rings. The van der Waals surface area contributed by atoms with E-state index in [-0.39, 0.29) is 0 Å². The molecule has 0 bridgehead atoms. The second-order valence-electron chi connectivity index (χ2n) is 6.24. The van der Waals surface area contributed by atoms with Crippen molar-refractivity contribution in [2.75, 3.05) is 0 Å². The Morgan fingerprint density at radius 1 is 0.962 bits per heavy atom. The predicted octanol–water partition coefficient (Wildman–Crippen LogP) is 2.42. The van der Waals surface area contributed by atoms with Crippen molar-refractivity contribution in [3.05, 3.63) is 84.4 Å². The quantitative estimate of drug-likeness (QED) is 0.711. The van der Waals surface area contributed by atoms with Crippen LogP contribution in [-0.4, -0.2) is 40.9 Å². The van der Waals surface area contributed by atoms with Gasteiger partial charge >= 0.3 is 0 Å². The van der Waals surface area contributed by atoms with Gasteiger partial charge in [0.05, 0.1) is 13.2 Å². The van der Waals surface area contributed by atoms with Crippen molar-refractivity contribution in [2.24, 2.45) is 0 Å². The molecule has 1 saturated heterocycles. The number of aliphatic hydroxyl groups is 2. The summed E-state index contributed by atoms with van der Waals surface area (Å²) in [5.41, 5.74) is 1.99. The number of ether oxygens (including phenoxy) is 3. The van der Waals surface area contributed by atoms with Crippen molar-refractivity contribution >= 4 is 0 Å². The number of benzene rings is 2. The lowest BCUT2D eigenvalue weighted by Crippen LogP contribution is -2.41. The third-order valence-electron chi connectivity index (χ3n) is 4.38. The molecule has 1 aliphatic heterocycles. The van der Waals surface area contributed by atoms with Gasteiger partial charge in [-0.15, -0.1) is 6.58 Å². The summed E-state index contributed by atoms with van der Waals surface area (Å²) < 4.78 is 17.3. The van der Waals surface area contributed by atoms with Crippen molar-refractivity contribution in [3.63, 3.8) is 0 Å². The zero-order valence-electron chi connectivity index (χ0n) is 14.5. The van der Waals surface area contributed by atoms with Gasteiger partial charge in [0.15, 0.2) is 6.29 Å². The average Bonchev–Trinajstić information content (AvgIpc) is 2.96. The fourth-order valence-electron chi connectivity index (χ4n) is 2.96. The second-order valence-corrected chi connectivity index (χ2v) is 6.24. The molecule has 2 N–H and O–H groups in total. The van der Waals surface area contributed by atoms with E-state index >= 15 is 0 Å². The van der Waals surface area contributed by atoms with Crippen LogP contribution in [0, 0.1) is 0 Å². The summed E-state index contributed by atoms with van der Waals surface area (Å²) in [5.74, 6) is 0. The minimum absolute atomic E-state index is 0.303. The summed E-state index contributed by atoms with van der Waals surface area (Å²) in [7, 11) is 0. The summed E-state index contributed by atoms with van der Waals surface area (Å²) in [5, 5.41) is 20.2. The van der Waals surface area contributed by atoms with Crippen molar-refractivity contribution in [1.82, 2.24) is 0 Å². The van der Waals surface area contributed by atoms with Crippen LogP contribution < -0.4 is 0 Å². The molecule has 2 aromatic rings. The SMILES string of the molecule is C=C[C@H](OCc1ccccc1)[C@H]1O[C@H](O)[C@H](O)[C@H]1OCc1ccccc1. The minimum atomic E-state index is -1.32. The van der Waals surface area contributed by atoms with E-state index < -0.39 is 30.7 Å². The highest BCUT2D eigenvalue weighted by molar-refractivity contribution is 5.14. The van der Waals surface area contributed by atoms with E-state index in [2.05, 4.69) is 6.58 Å². The Morgan fingerprint density at radius 2 is 1.54 bits per heavy atom. The van der Waals surface area contributed by atoms with Crippen LogP contribution in [0.4, 0.5) is 0 Å². The molecule has 0 radical (unpaired) electrons. The predicted molar refractivity (Wildman–Crippen MR) is 97.1 cm³/mol. The first-order chi connectivity index (χ1) is 12.7. The van der Waals surface area contributed by atoms with Crippen molar-refractivity contribution in [2.45, 2.75) is 43.9 Å². The third kappa shape index (κ3) is 4.58. The lowest BCUT2D eigenvalue weighted by Gasteiger charge is -2.26. The molecule has 26 heavy (non-hydrogen) atoms. The maximum atomic E-state index is 10.2. The summed E-state index contributed by atoms with van der Waals surface area (Å²) in [6, 6.07) is 19.4. The van der Waals surface area contributed by atoms with Crippen molar-refractivity contribution in [1.29, 1.82) is 0 Å². The number of hydrogen-bond acceptors (Lipinski definition) is 5. The second kappa shape index (κ2) is 9.07. The van der Waals surface area contributed by atoms with Gasteiger partial charge in [-0.1, -0.05) is 66.7 Å².